The molecule has 5 nitrogen and oxygen atoms in total. The number of nitrogens with two attached hydrogens (primary N) is 1. The van der Waals surface area contributed by atoms with E-state index in [0.717, 1.165) is 12.2 Å². The maximum Gasteiger partial charge on any atom is 0.245 e. The maximum atomic E-state index is 12.3. The molecule has 0 spiro atoms. The van der Waals surface area contributed by atoms with Crippen molar-refractivity contribution < 1.29 is 9.59 Å². The average Bonchev–Trinajstić information content (AvgIpc) is 2.39. The van der Waals surface area contributed by atoms with Crippen LogP contribution in [0, 0.1) is 0 Å². The van der Waals surface area contributed by atoms with E-state index in [9.17, 15) is 9.59 Å². The molecule has 1 unspecified atom stereocenters. The van der Waals surface area contributed by atoms with Crippen molar-refractivity contribution in [3.63, 3.8) is 0 Å². The lowest BCUT2D eigenvalue weighted by atomic mass is 10.1. The van der Waals surface area contributed by atoms with Crippen LogP contribution in [0.25, 0.3) is 0 Å². The Morgan fingerprint density at radius 2 is 1.95 bits per heavy atom. The van der Waals surface area contributed by atoms with E-state index in [4.69, 9.17) is 5.73 Å². The number of carbonyl (C=O) groups is 2. The first-order chi connectivity index (χ1) is 9.04. The van der Waals surface area contributed by atoms with Crippen LogP contribution in [-0.4, -0.2) is 49.3 Å². The quantitative estimate of drug-likeness (QED) is 0.804. The summed E-state index contributed by atoms with van der Waals surface area (Å²) in [5, 5.41) is 0. The second-order valence-electron chi connectivity index (χ2n) is 4.83. The molecule has 0 aliphatic carbocycles. The molecule has 1 aromatic rings. The van der Waals surface area contributed by atoms with Gasteiger partial charge in [-0.3, -0.25) is 14.5 Å². The van der Waals surface area contributed by atoms with E-state index >= 15 is 0 Å². The highest BCUT2D eigenvalue weighted by atomic mass is 16.2. The van der Waals surface area contributed by atoms with Gasteiger partial charge in [-0.2, -0.15) is 0 Å². The van der Waals surface area contributed by atoms with Crippen molar-refractivity contribution >= 4 is 17.4 Å². The molecule has 1 atom stereocenters. The van der Waals surface area contributed by atoms with Crippen molar-refractivity contribution in [3.8, 4) is 0 Å². The van der Waals surface area contributed by atoms with Crippen LogP contribution in [0.3, 0.4) is 0 Å². The van der Waals surface area contributed by atoms with E-state index in [0.29, 0.717) is 18.7 Å². The van der Waals surface area contributed by atoms with Crippen LogP contribution in [0.5, 0.6) is 0 Å². The summed E-state index contributed by atoms with van der Waals surface area (Å²) in [4.78, 5) is 27.3. The molecule has 1 heterocycles. The molecular formula is C14H19N3O2. The molecule has 2 rings (SSSR count). The van der Waals surface area contributed by atoms with Crippen LogP contribution < -0.4 is 10.6 Å². The highest BCUT2D eigenvalue weighted by Crippen LogP contribution is 2.20. The van der Waals surface area contributed by atoms with Gasteiger partial charge in [0.25, 0.3) is 0 Å². The Labute approximate surface area is 113 Å². The van der Waals surface area contributed by atoms with Crippen molar-refractivity contribution in [1.82, 2.24) is 4.90 Å². The Kier molecular flexibility index (Phi) is 3.97. The van der Waals surface area contributed by atoms with Gasteiger partial charge in [-0.25, -0.2) is 0 Å². The smallest absolute Gasteiger partial charge is 0.245 e. The van der Waals surface area contributed by atoms with Crippen molar-refractivity contribution in [2.24, 2.45) is 5.73 Å². The largest absolute Gasteiger partial charge is 0.328 e. The molecule has 0 aromatic heterocycles. The van der Waals surface area contributed by atoms with Crippen LogP contribution in [0.15, 0.2) is 24.3 Å². The van der Waals surface area contributed by atoms with Gasteiger partial charge in [0.1, 0.15) is 6.04 Å². The Morgan fingerprint density at radius 3 is 2.47 bits per heavy atom. The van der Waals surface area contributed by atoms with Crippen molar-refractivity contribution in [2.75, 3.05) is 31.6 Å². The molecule has 1 saturated heterocycles. The Balaban J connectivity index is 2.21. The van der Waals surface area contributed by atoms with Gasteiger partial charge < -0.3 is 10.6 Å². The first kappa shape index (κ1) is 13.7. The first-order valence-electron chi connectivity index (χ1n) is 6.37. The predicted molar refractivity (Wildman–Crippen MR) is 74.3 cm³/mol. The number of hydrogen-bond acceptors (Lipinski definition) is 4. The molecule has 0 saturated carbocycles. The standard InChI is InChI=1S/C14H19N3O2/c1-10(18)11-3-5-12(6-4-11)17-8-7-16(2)13(9-15)14(17)19/h3-6,13H,7-9,15H2,1-2H3. The van der Waals surface area contributed by atoms with E-state index in [1.165, 1.54) is 6.92 Å². The SMILES string of the molecule is CC(=O)c1ccc(N2CCN(C)C(CN)C2=O)cc1. The summed E-state index contributed by atoms with van der Waals surface area (Å²) in [6, 6.07) is 6.86. The number of ketones is 1. The Hall–Kier alpha value is -1.72. The van der Waals surface area contributed by atoms with Crippen LogP contribution >= 0.6 is 0 Å². The average molecular weight is 261 g/mol. The highest BCUT2D eigenvalue weighted by molar-refractivity contribution is 5.99. The number of amides is 1. The number of carbonyl (C=O) groups excluding carboxylic acids is 2. The molecule has 1 fully saturated rings. The van der Waals surface area contributed by atoms with Crippen LogP contribution in [0.4, 0.5) is 5.69 Å². The van der Waals surface area contributed by atoms with Gasteiger partial charge in [-0.05, 0) is 38.2 Å². The zero-order valence-electron chi connectivity index (χ0n) is 11.3. The third-order valence-corrected chi connectivity index (χ3v) is 3.57. The summed E-state index contributed by atoms with van der Waals surface area (Å²) in [6.07, 6.45) is 0. The fraction of sp³-hybridized carbons (Fsp3) is 0.429. The van der Waals surface area contributed by atoms with E-state index in [-0.39, 0.29) is 17.7 Å². The zero-order chi connectivity index (χ0) is 14.0. The highest BCUT2D eigenvalue weighted by Gasteiger charge is 2.32. The summed E-state index contributed by atoms with van der Waals surface area (Å²) < 4.78 is 0. The maximum absolute atomic E-state index is 12.3. The number of likely N-dealkylation sites (N-methyl/N-ethyl adjacent to an activating group) is 1. The molecule has 1 aromatic carbocycles. The molecule has 0 radical (unpaired) electrons. The molecule has 19 heavy (non-hydrogen) atoms. The Morgan fingerprint density at radius 1 is 1.32 bits per heavy atom. The lowest BCUT2D eigenvalue weighted by Crippen LogP contribution is -2.58. The summed E-state index contributed by atoms with van der Waals surface area (Å²) in [5.74, 6) is 0.0444. The number of Topliss-reactive ketones (excluding diaryl/α,β-unsaturated/α-hetero) is 1. The molecule has 0 bridgehead atoms. The molecular weight excluding hydrogens is 242 g/mol. The summed E-state index contributed by atoms with van der Waals surface area (Å²) >= 11 is 0. The van der Waals surface area contributed by atoms with Gasteiger partial charge in [0.2, 0.25) is 5.91 Å². The molecule has 102 valence electrons. The normalized spacial score (nSPS) is 20.7. The van der Waals surface area contributed by atoms with E-state index in [1.54, 1.807) is 17.0 Å². The molecule has 5 heteroatoms. The van der Waals surface area contributed by atoms with Gasteiger partial charge >= 0.3 is 0 Å². The number of piperazine rings is 1. The summed E-state index contributed by atoms with van der Waals surface area (Å²) in [5.41, 5.74) is 7.13. The lowest BCUT2D eigenvalue weighted by molar-refractivity contribution is -0.124. The summed E-state index contributed by atoms with van der Waals surface area (Å²) in [7, 11) is 1.91. The minimum absolute atomic E-state index is 0.0202. The van der Waals surface area contributed by atoms with Crippen molar-refractivity contribution in [2.45, 2.75) is 13.0 Å². The van der Waals surface area contributed by atoms with E-state index in [1.807, 2.05) is 24.1 Å². The van der Waals surface area contributed by atoms with Gasteiger partial charge in [0.15, 0.2) is 5.78 Å². The van der Waals surface area contributed by atoms with Gasteiger partial charge in [-0.1, -0.05) is 0 Å². The van der Waals surface area contributed by atoms with Crippen molar-refractivity contribution in [1.29, 1.82) is 0 Å². The van der Waals surface area contributed by atoms with E-state index < -0.39 is 0 Å². The lowest BCUT2D eigenvalue weighted by Gasteiger charge is -2.38. The monoisotopic (exact) mass is 261 g/mol. The first-order valence-corrected chi connectivity index (χ1v) is 6.37. The summed E-state index contributed by atoms with van der Waals surface area (Å²) in [6.45, 7) is 3.28. The number of hydrogen-bond donors (Lipinski definition) is 1. The second-order valence-corrected chi connectivity index (χ2v) is 4.83. The fourth-order valence-electron chi connectivity index (χ4n) is 2.31. The van der Waals surface area contributed by atoms with E-state index in [2.05, 4.69) is 0 Å². The third kappa shape index (κ3) is 2.67. The topological polar surface area (TPSA) is 66.6 Å². The fourth-order valence-corrected chi connectivity index (χ4v) is 2.31. The predicted octanol–water partition coefficient (Wildman–Crippen LogP) is 0.495. The van der Waals surface area contributed by atoms with Crippen LogP contribution in [0.2, 0.25) is 0 Å². The van der Waals surface area contributed by atoms with Gasteiger partial charge in [0.05, 0.1) is 0 Å². The van der Waals surface area contributed by atoms with Gasteiger partial charge in [-0.15, -0.1) is 0 Å². The second kappa shape index (κ2) is 5.50. The molecule has 1 aliphatic rings. The molecule has 1 amide bonds. The number of rotatable bonds is 3. The number of anilines is 1. The third-order valence-electron chi connectivity index (χ3n) is 3.57. The molecule has 2 N–H and O–H groups in total. The number of nitrogens with zero attached hydrogens (tertiary/aromatic N) is 2. The van der Waals surface area contributed by atoms with Crippen LogP contribution in [-0.2, 0) is 4.79 Å². The molecule has 1 aliphatic heterocycles. The van der Waals surface area contributed by atoms with Crippen molar-refractivity contribution in [3.05, 3.63) is 29.8 Å². The Bertz CT molecular complexity index is 484. The minimum Gasteiger partial charge on any atom is -0.328 e. The van der Waals surface area contributed by atoms with Crippen LogP contribution in [0.1, 0.15) is 17.3 Å². The van der Waals surface area contributed by atoms with Gasteiger partial charge in [0, 0.05) is 30.9 Å². The zero-order valence-corrected chi connectivity index (χ0v) is 11.3. The minimum atomic E-state index is -0.263. The number of benzene rings is 1.